The Bertz CT molecular complexity index is 1390. The summed E-state index contributed by atoms with van der Waals surface area (Å²) in [7, 11) is 0. The Morgan fingerprint density at radius 2 is 1.75 bits per heavy atom. The molecule has 4 rings (SSSR count). The monoisotopic (exact) mass is 436 g/mol. The fraction of sp³-hybridized carbons (Fsp3) is 0.318. The number of rotatable bonds is 8. The fourth-order valence-corrected chi connectivity index (χ4v) is 3.76. The number of carboxylic acid groups (broad SMARTS) is 1. The van der Waals surface area contributed by atoms with E-state index in [0.29, 0.717) is 48.5 Å². The summed E-state index contributed by atoms with van der Waals surface area (Å²) in [4.78, 5) is 44.6. The van der Waals surface area contributed by atoms with E-state index in [-0.39, 0.29) is 16.8 Å². The molecule has 0 spiro atoms. The molecule has 10 heteroatoms. The number of aromatic carboxylic acids is 1. The number of aromatic nitrogens is 6. The van der Waals surface area contributed by atoms with Crippen molar-refractivity contribution < 1.29 is 9.90 Å². The lowest BCUT2D eigenvalue weighted by Crippen LogP contribution is -2.40. The van der Waals surface area contributed by atoms with E-state index in [1.54, 1.807) is 30.5 Å². The van der Waals surface area contributed by atoms with Crippen LogP contribution in [-0.4, -0.2) is 40.4 Å². The summed E-state index contributed by atoms with van der Waals surface area (Å²) < 4.78 is 2.79. The van der Waals surface area contributed by atoms with Gasteiger partial charge < -0.3 is 10.1 Å². The molecule has 0 fully saturated rings. The van der Waals surface area contributed by atoms with Crippen molar-refractivity contribution in [3.8, 4) is 11.4 Å². The topological polar surface area (TPSA) is 139 Å². The molecule has 0 aliphatic rings. The van der Waals surface area contributed by atoms with Crippen LogP contribution in [-0.2, 0) is 19.5 Å². The molecule has 0 aliphatic heterocycles. The third kappa shape index (κ3) is 3.75. The van der Waals surface area contributed by atoms with Crippen LogP contribution in [0.5, 0.6) is 0 Å². The highest BCUT2D eigenvalue weighted by molar-refractivity contribution is 5.87. The number of aryl methyl sites for hydroxylation is 1. The van der Waals surface area contributed by atoms with E-state index in [4.69, 9.17) is 5.11 Å². The Morgan fingerprint density at radius 3 is 2.41 bits per heavy atom. The highest BCUT2D eigenvalue weighted by Crippen LogP contribution is 2.23. The zero-order valence-corrected chi connectivity index (χ0v) is 17.9. The van der Waals surface area contributed by atoms with Gasteiger partial charge in [-0.15, -0.1) is 0 Å². The maximum atomic E-state index is 12.9. The van der Waals surface area contributed by atoms with E-state index in [1.165, 1.54) is 9.13 Å². The molecule has 10 nitrogen and oxygen atoms in total. The molecule has 0 saturated heterocycles. The van der Waals surface area contributed by atoms with E-state index in [9.17, 15) is 14.4 Å². The second-order valence-electron chi connectivity index (χ2n) is 7.62. The van der Waals surface area contributed by atoms with Gasteiger partial charge in [-0.2, -0.15) is 5.10 Å². The smallest absolute Gasteiger partial charge is 0.335 e. The first kappa shape index (κ1) is 21.3. The van der Waals surface area contributed by atoms with Crippen LogP contribution in [0.3, 0.4) is 0 Å². The molecule has 0 atom stereocenters. The number of carbonyl (C=O) groups is 1. The SMILES string of the molecule is CCCn1c(=O)c2[nH]c(-c3cn[nH]c3Cc3ccc(C(=O)O)cc3)nc2n(CCC)c1=O. The Kier molecular flexibility index (Phi) is 5.76. The van der Waals surface area contributed by atoms with Crippen molar-refractivity contribution in [2.75, 3.05) is 0 Å². The Labute approximate surface area is 182 Å². The first-order chi connectivity index (χ1) is 15.4. The first-order valence-electron chi connectivity index (χ1n) is 10.5. The largest absolute Gasteiger partial charge is 0.478 e. The van der Waals surface area contributed by atoms with Gasteiger partial charge in [-0.25, -0.2) is 14.6 Å². The number of fused-ring (bicyclic) bond motifs is 1. The summed E-state index contributed by atoms with van der Waals surface area (Å²) >= 11 is 0. The number of nitrogens with zero attached hydrogens (tertiary/aromatic N) is 4. The minimum Gasteiger partial charge on any atom is -0.478 e. The number of H-pyrrole nitrogens is 2. The molecule has 0 radical (unpaired) electrons. The number of carboxylic acids is 1. The third-order valence-electron chi connectivity index (χ3n) is 5.31. The lowest BCUT2D eigenvalue weighted by atomic mass is 10.0. The summed E-state index contributed by atoms with van der Waals surface area (Å²) in [6.07, 6.45) is 3.48. The van der Waals surface area contributed by atoms with Crippen molar-refractivity contribution in [3.63, 3.8) is 0 Å². The molecule has 0 saturated carbocycles. The number of benzene rings is 1. The number of nitrogens with one attached hydrogen (secondary N) is 2. The quantitative estimate of drug-likeness (QED) is 0.388. The highest BCUT2D eigenvalue weighted by atomic mass is 16.4. The van der Waals surface area contributed by atoms with E-state index >= 15 is 0 Å². The van der Waals surface area contributed by atoms with Crippen molar-refractivity contribution >= 4 is 17.1 Å². The molecule has 4 aromatic rings. The summed E-state index contributed by atoms with van der Waals surface area (Å²) in [5.74, 6) is -0.533. The van der Waals surface area contributed by atoms with Gasteiger partial charge in [0.15, 0.2) is 5.65 Å². The van der Waals surface area contributed by atoms with Crippen LogP contribution >= 0.6 is 0 Å². The van der Waals surface area contributed by atoms with Crippen LogP contribution in [0.15, 0.2) is 40.1 Å². The van der Waals surface area contributed by atoms with Crippen LogP contribution in [0.2, 0.25) is 0 Å². The van der Waals surface area contributed by atoms with Crippen molar-refractivity contribution in [1.82, 2.24) is 29.3 Å². The van der Waals surface area contributed by atoms with Crippen molar-refractivity contribution in [3.05, 3.63) is 68.1 Å². The van der Waals surface area contributed by atoms with Gasteiger partial charge in [0.2, 0.25) is 0 Å². The summed E-state index contributed by atoms with van der Waals surface area (Å²) in [5, 5.41) is 16.1. The standard InChI is InChI=1S/C22H24N6O4/c1-3-9-27-19-17(20(29)28(10-4-2)22(27)32)24-18(25-19)15-12-23-26-16(15)11-13-5-7-14(8-6-13)21(30)31/h5-8,12H,3-4,9-11H2,1-2H3,(H,23,26)(H,24,25)(H,30,31). The maximum Gasteiger partial charge on any atom is 0.335 e. The second kappa shape index (κ2) is 8.66. The number of hydrogen-bond acceptors (Lipinski definition) is 5. The minimum absolute atomic E-state index is 0.216. The molecule has 3 heterocycles. The third-order valence-corrected chi connectivity index (χ3v) is 5.31. The lowest BCUT2D eigenvalue weighted by Gasteiger charge is -2.09. The normalized spacial score (nSPS) is 11.3. The van der Waals surface area contributed by atoms with Gasteiger partial charge in [-0.1, -0.05) is 26.0 Å². The lowest BCUT2D eigenvalue weighted by molar-refractivity contribution is 0.0697. The maximum absolute atomic E-state index is 12.9. The van der Waals surface area contributed by atoms with Gasteiger partial charge in [0.1, 0.15) is 11.3 Å². The molecule has 0 unspecified atom stereocenters. The van der Waals surface area contributed by atoms with Gasteiger partial charge >= 0.3 is 11.7 Å². The highest BCUT2D eigenvalue weighted by Gasteiger charge is 2.19. The van der Waals surface area contributed by atoms with E-state index in [2.05, 4.69) is 20.2 Å². The van der Waals surface area contributed by atoms with Gasteiger partial charge in [0.25, 0.3) is 5.56 Å². The molecule has 166 valence electrons. The van der Waals surface area contributed by atoms with Crippen molar-refractivity contribution in [2.45, 2.75) is 46.2 Å². The Balaban J connectivity index is 1.78. The number of hydrogen-bond donors (Lipinski definition) is 3. The Hall–Kier alpha value is -3.95. The molecule has 0 amide bonds. The van der Waals surface area contributed by atoms with Crippen LogP contribution in [0.25, 0.3) is 22.6 Å². The molecule has 3 N–H and O–H groups in total. The van der Waals surface area contributed by atoms with Crippen molar-refractivity contribution in [1.29, 1.82) is 0 Å². The van der Waals surface area contributed by atoms with Gasteiger partial charge in [0, 0.05) is 19.5 Å². The van der Waals surface area contributed by atoms with E-state index < -0.39 is 5.97 Å². The molecule has 1 aromatic carbocycles. The molecule has 32 heavy (non-hydrogen) atoms. The second-order valence-corrected chi connectivity index (χ2v) is 7.62. The summed E-state index contributed by atoms with van der Waals surface area (Å²) in [5.41, 5.74) is 2.44. The van der Waals surface area contributed by atoms with Gasteiger partial charge in [0.05, 0.1) is 23.0 Å². The van der Waals surface area contributed by atoms with E-state index in [0.717, 1.165) is 17.7 Å². The van der Waals surface area contributed by atoms with Gasteiger partial charge in [-0.3, -0.25) is 19.0 Å². The number of imidazole rings is 1. The summed E-state index contributed by atoms with van der Waals surface area (Å²) in [6, 6.07) is 6.59. The predicted octanol–water partition coefficient (Wildman–Crippen LogP) is 2.39. The molecular weight excluding hydrogens is 412 g/mol. The average Bonchev–Trinajstić information content (AvgIpc) is 3.42. The minimum atomic E-state index is -0.979. The van der Waals surface area contributed by atoms with Crippen LogP contribution in [0.1, 0.15) is 48.3 Å². The zero-order valence-electron chi connectivity index (χ0n) is 17.9. The average molecular weight is 436 g/mol. The Morgan fingerprint density at radius 1 is 1.06 bits per heavy atom. The van der Waals surface area contributed by atoms with Gasteiger partial charge in [-0.05, 0) is 30.5 Å². The summed E-state index contributed by atoms with van der Waals surface area (Å²) in [6.45, 7) is 4.68. The van der Waals surface area contributed by atoms with Crippen LogP contribution < -0.4 is 11.2 Å². The zero-order chi connectivity index (χ0) is 22.8. The molecule has 0 aliphatic carbocycles. The first-order valence-corrected chi connectivity index (χ1v) is 10.5. The van der Waals surface area contributed by atoms with Crippen LogP contribution in [0, 0.1) is 0 Å². The van der Waals surface area contributed by atoms with E-state index in [1.807, 2.05) is 13.8 Å². The predicted molar refractivity (Wildman–Crippen MR) is 119 cm³/mol. The molecular formula is C22H24N6O4. The fourth-order valence-electron chi connectivity index (χ4n) is 3.76. The number of aromatic amines is 2. The van der Waals surface area contributed by atoms with Crippen LogP contribution in [0.4, 0.5) is 0 Å². The molecule has 3 aromatic heterocycles. The van der Waals surface area contributed by atoms with Crippen molar-refractivity contribution in [2.24, 2.45) is 0 Å². The molecule has 0 bridgehead atoms.